The fourth-order valence-electron chi connectivity index (χ4n) is 3.91. The van der Waals surface area contributed by atoms with E-state index in [1.165, 1.54) is 0 Å². The van der Waals surface area contributed by atoms with Crippen LogP contribution in [0.4, 0.5) is 5.82 Å². The summed E-state index contributed by atoms with van der Waals surface area (Å²) >= 11 is 0. The highest BCUT2D eigenvalue weighted by molar-refractivity contribution is 7.89. The SMILES string of the molecule is CCOc1ccc(CNc2ccc3cc(S(=O)(=O)N4CCCCC4)ccc3n2)cc1OC. The molecule has 0 atom stereocenters. The first-order chi connectivity index (χ1) is 15.5. The van der Waals surface area contributed by atoms with Gasteiger partial charge >= 0.3 is 0 Å². The van der Waals surface area contributed by atoms with Crippen LogP contribution in [0.5, 0.6) is 11.5 Å². The molecular weight excluding hydrogens is 426 g/mol. The molecule has 1 fully saturated rings. The number of sulfonamides is 1. The van der Waals surface area contributed by atoms with Gasteiger partial charge in [-0.15, -0.1) is 0 Å². The van der Waals surface area contributed by atoms with Crippen molar-refractivity contribution in [2.24, 2.45) is 0 Å². The van der Waals surface area contributed by atoms with Gasteiger partial charge in [-0.2, -0.15) is 4.31 Å². The van der Waals surface area contributed by atoms with Crippen LogP contribution >= 0.6 is 0 Å². The minimum absolute atomic E-state index is 0.330. The van der Waals surface area contributed by atoms with Crippen LogP contribution in [-0.2, 0) is 16.6 Å². The van der Waals surface area contributed by atoms with Gasteiger partial charge in [-0.05, 0) is 67.8 Å². The van der Waals surface area contributed by atoms with Gasteiger partial charge in [0.15, 0.2) is 11.5 Å². The largest absolute Gasteiger partial charge is 0.493 e. The summed E-state index contributed by atoms with van der Waals surface area (Å²) < 4.78 is 38.5. The lowest BCUT2D eigenvalue weighted by Crippen LogP contribution is -2.35. The van der Waals surface area contributed by atoms with E-state index < -0.39 is 10.0 Å². The van der Waals surface area contributed by atoms with Crippen LogP contribution in [0.3, 0.4) is 0 Å². The Morgan fingerprint density at radius 1 is 1.00 bits per heavy atom. The molecule has 1 saturated heterocycles. The fourth-order valence-corrected chi connectivity index (χ4v) is 5.46. The fraction of sp³-hybridized carbons (Fsp3) is 0.375. The van der Waals surface area contributed by atoms with Crippen molar-refractivity contribution in [2.75, 3.05) is 32.1 Å². The first kappa shape index (κ1) is 22.4. The van der Waals surface area contributed by atoms with Gasteiger partial charge < -0.3 is 14.8 Å². The number of hydrogen-bond donors (Lipinski definition) is 1. The lowest BCUT2D eigenvalue weighted by atomic mass is 10.2. The summed E-state index contributed by atoms with van der Waals surface area (Å²) in [5, 5.41) is 4.12. The Bertz CT molecular complexity index is 1190. The number of benzene rings is 2. The molecule has 32 heavy (non-hydrogen) atoms. The maximum Gasteiger partial charge on any atom is 0.243 e. The molecule has 3 aromatic rings. The molecule has 0 bridgehead atoms. The molecule has 170 valence electrons. The van der Waals surface area contributed by atoms with Crippen molar-refractivity contribution in [3.8, 4) is 11.5 Å². The quantitative estimate of drug-likeness (QED) is 0.541. The molecule has 0 radical (unpaired) electrons. The van der Waals surface area contributed by atoms with Crippen molar-refractivity contribution in [2.45, 2.75) is 37.6 Å². The number of piperidine rings is 1. The molecular formula is C24H29N3O4S. The summed E-state index contributed by atoms with van der Waals surface area (Å²) in [7, 11) is -1.83. The van der Waals surface area contributed by atoms with Crippen LogP contribution in [0, 0.1) is 0 Å². The highest BCUT2D eigenvalue weighted by Gasteiger charge is 2.26. The normalized spacial score (nSPS) is 14.9. The molecule has 7 nitrogen and oxygen atoms in total. The van der Waals surface area contributed by atoms with Crippen LogP contribution in [-0.4, -0.2) is 44.5 Å². The molecule has 0 spiro atoms. The Labute approximate surface area is 189 Å². The molecule has 0 amide bonds. The maximum atomic E-state index is 12.9. The van der Waals surface area contributed by atoms with Gasteiger partial charge in [0, 0.05) is 25.0 Å². The first-order valence-corrected chi connectivity index (χ1v) is 12.4. The van der Waals surface area contributed by atoms with Gasteiger partial charge in [0.2, 0.25) is 10.0 Å². The number of nitrogens with one attached hydrogen (secondary N) is 1. The first-order valence-electron chi connectivity index (χ1n) is 11.0. The van der Waals surface area contributed by atoms with Crippen LogP contribution in [0.15, 0.2) is 53.4 Å². The van der Waals surface area contributed by atoms with Gasteiger partial charge in [-0.3, -0.25) is 0 Å². The third-order valence-corrected chi connectivity index (χ3v) is 7.51. The molecule has 4 rings (SSSR count). The van der Waals surface area contributed by atoms with Crippen LogP contribution in [0.1, 0.15) is 31.7 Å². The number of aromatic nitrogens is 1. The van der Waals surface area contributed by atoms with Gasteiger partial charge in [0.1, 0.15) is 5.82 Å². The Kier molecular flexibility index (Phi) is 6.81. The number of methoxy groups -OCH3 is 1. The third kappa shape index (κ3) is 4.81. The van der Waals surface area contributed by atoms with E-state index >= 15 is 0 Å². The highest BCUT2D eigenvalue weighted by atomic mass is 32.2. The molecule has 0 saturated carbocycles. The van der Waals surface area contributed by atoms with Crippen LogP contribution in [0.25, 0.3) is 10.9 Å². The monoisotopic (exact) mass is 455 g/mol. The van der Waals surface area contributed by atoms with E-state index in [1.807, 2.05) is 37.3 Å². The van der Waals surface area contributed by atoms with Crippen LogP contribution < -0.4 is 14.8 Å². The third-order valence-electron chi connectivity index (χ3n) is 5.61. The molecule has 1 aromatic heterocycles. The summed E-state index contributed by atoms with van der Waals surface area (Å²) in [4.78, 5) is 4.97. The Morgan fingerprint density at radius 2 is 1.81 bits per heavy atom. The van der Waals surface area contributed by atoms with Crippen molar-refractivity contribution < 1.29 is 17.9 Å². The smallest absolute Gasteiger partial charge is 0.243 e. The van der Waals surface area contributed by atoms with Crippen molar-refractivity contribution >= 4 is 26.7 Å². The predicted molar refractivity (Wildman–Crippen MR) is 126 cm³/mol. The Morgan fingerprint density at radius 3 is 2.56 bits per heavy atom. The minimum Gasteiger partial charge on any atom is -0.493 e. The van der Waals surface area contributed by atoms with E-state index in [9.17, 15) is 8.42 Å². The number of rotatable bonds is 8. The van der Waals surface area contributed by atoms with E-state index in [-0.39, 0.29) is 0 Å². The number of hydrogen-bond acceptors (Lipinski definition) is 6. The molecule has 2 aromatic carbocycles. The van der Waals surface area contributed by atoms with E-state index in [0.717, 1.165) is 47.3 Å². The van der Waals surface area contributed by atoms with Crippen molar-refractivity contribution in [3.05, 3.63) is 54.1 Å². The Balaban J connectivity index is 1.49. The molecule has 1 aliphatic heterocycles. The van der Waals surface area contributed by atoms with E-state index in [0.29, 0.717) is 36.9 Å². The summed E-state index contributed by atoms with van der Waals surface area (Å²) in [6, 6.07) is 14.7. The van der Waals surface area contributed by atoms with Gasteiger partial charge in [0.05, 0.1) is 24.1 Å². The second-order valence-corrected chi connectivity index (χ2v) is 9.73. The van der Waals surface area contributed by atoms with E-state index in [2.05, 4.69) is 10.3 Å². The lowest BCUT2D eigenvalue weighted by molar-refractivity contribution is 0.310. The van der Waals surface area contributed by atoms with Crippen molar-refractivity contribution in [1.29, 1.82) is 0 Å². The van der Waals surface area contributed by atoms with Crippen molar-refractivity contribution in [3.63, 3.8) is 0 Å². The average Bonchev–Trinajstić information content (AvgIpc) is 2.83. The summed E-state index contributed by atoms with van der Waals surface area (Å²) in [6.45, 7) is 4.28. The zero-order valence-corrected chi connectivity index (χ0v) is 19.3. The second-order valence-electron chi connectivity index (χ2n) is 7.79. The average molecular weight is 456 g/mol. The number of pyridine rings is 1. The minimum atomic E-state index is -3.46. The number of anilines is 1. The predicted octanol–water partition coefficient (Wildman–Crippen LogP) is 4.43. The molecule has 1 aliphatic rings. The van der Waals surface area contributed by atoms with Gasteiger partial charge in [0.25, 0.3) is 0 Å². The summed E-state index contributed by atoms with van der Waals surface area (Å²) in [5.41, 5.74) is 1.78. The zero-order valence-electron chi connectivity index (χ0n) is 18.5. The van der Waals surface area contributed by atoms with Crippen molar-refractivity contribution in [1.82, 2.24) is 9.29 Å². The summed E-state index contributed by atoms with van der Waals surface area (Å²) in [5.74, 6) is 2.13. The molecule has 0 aliphatic carbocycles. The van der Waals surface area contributed by atoms with Gasteiger partial charge in [-0.1, -0.05) is 12.5 Å². The van der Waals surface area contributed by atoms with E-state index in [1.54, 1.807) is 29.6 Å². The topological polar surface area (TPSA) is 80.8 Å². The highest BCUT2D eigenvalue weighted by Crippen LogP contribution is 2.29. The molecule has 0 unspecified atom stereocenters. The van der Waals surface area contributed by atoms with E-state index in [4.69, 9.17) is 9.47 Å². The standard InChI is InChI=1S/C24H29N3O4S/c1-3-31-22-11-7-18(15-23(22)30-2)17-25-24-12-8-19-16-20(9-10-21(19)26-24)32(28,29)27-13-5-4-6-14-27/h7-12,15-16H,3-6,13-14,17H2,1-2H3,(H,25,26). The zero-order chi connectivity index (χ0) is 22.6. The number of nitrogens with zero attached hydrogens (tertiary/aromatic N) is 2. The number of fused-ring (bicyclic) bond motifs is 1. The lowest BCUT2D eigenvalue weighted by Gasteiger charge is -2.25. The van der Waals surface area contributed by atoms with Gasteiger partial charge in [-0.25, -0.2) is 13.4 Å². The molecule has 2 heterocycles. The second kappa shape index (κ2) is 9.75. The molecule has 1 N–H and O–H groups in total. The number of ether oxygens (including phenoxy) is 2. The maximum absolute atomic E-state index is 12.9. The Hall–Kier alpha value is -2.84. The summed E-state index contributed by atoms with van der Waals surface area (Å²) in [6.07, 6.45) is 2.93. The van der Waals surface area contributed by atoms with Crippen LogP contribution in [0.2, 0.25) is 0 Å². The molecule has 8 heteroatoms.